The van der Waals surface area contributed by atoms with Crippen LogP contribution in [-0.4, -0.2) is 20.8 Å². The number of benzene rings is 1. The summed E-state index contributed by atoms with van der Waals surface area (Å²) in [5, 5.41) is 5.69. The Hall–Kier alpha value is -1.52. The first kappa shape index (κ1) is 14.9. The highest BCUT2D eigenvalue weighted by atomic mass is 32.1. The number of methoxy groups -OCH3 is 2. The number of rotatable bonds is 7. The quantitative estimate of drug-likeness (QED) is 0.840. The second-order valence-corrected chi connectivity index (χ2v) is 5.53. The van der Waals surface area contributed by atoms with Gasteiger partial charge in [-0.15, -0.1) is 11.3 Å². The van der Waals surface area contributed by atoms with Crippen molar-refractivity contribution >= 4 is 11.3 Å². The van der Waals surface area contributed by atoms with Gasteiger partial charge in [0.15, 0.2) is 0 Å². The molecule has 0 aliphatic heterocycles. The van der Waals surface area contributed by atoms with E-state index in [1.807, 2.05) is 6.07 Å². The molecule has 0 spiro atoms. The maximum atomic E-state index is 5.36. The highest BCUT2D eigenvalue weighted by Gasteiger charge is 2.16. The molecule has 0 aliphatic rings. The van der Waals surface area contributed by atoms with Crippen LogP contribution < -0.4 is 14.8 Å². The summed E-state index contributed by atoms with van der Waals surface area (Å²) in [5.74, 6) is 1.64. The van der Waals surface area contributed by atoms with Crippen LogP contribution in [0.25, 0.3) is 0 Å². The van der Waals surface area contributed by atoms with Gasteiger partial charge in [-0.3, -0.25) is 0 Å². The van der Waals surface area contributed by atoms with Gasteiger partial charge in [0.2, 0.25) is 0 Å². The van der Waals surface area contributed by atoms with Crippen LogP contribution in [0.4, 0.5) is 0 Å². The number of thiophene rings is 1. The minimum atomic E-state index is 0.180. The molecule has 4 heteroatoms. The third-order valence-corrected chi connectivity index (χ3v) is 4.07. The van der Waals surface area contributed by atoms with Crippen LogP contribution in [0.15, 0.2) is 35.7 Å². The van der Waals surface area contributed by atoms with Crippen molar-refractivity contribution in [2.45, 2.75) is 19.4 Å². The van der Waals surface area contributed by atoms with Crippen molar-refractivity contribution < 1.29 is 9.47 Å². The summed E-state index contributed by atoms with van der Waals surface area (Å²) >= 11 is 1.76. The minimum Gasteiger partial charge on any atom is -0.497 e. The van der Waals surface area contributed by atoms with Gasteiger partial charge < -0.3 is 14.8 Å². The van der Waals surface area contributed by atoms with Gasteiger partial charge >= 0.3 is 0 Å². The van der Waals surface area contributed by atoms with Crippen LogP contribution >= 0.6 is 11.3 Å². The lowest BCUT2D eigenvalue weighted by atomic mass is 10.0. The molecule has 108 valence electrons. The molecule has 1 N–H and O–H groups in total. The molecule has 0 aliphatic carbocycles. The fourth-order valence-corrected chi connectivity index (χ4v) is 2.95. The average molecular weight is 291 g/mol. The predicted octanol–water partition coefficient (Wildman–Crippen LogP) is 3.85. The highest BCUT2D eigenvalue weighted by Crippen LogP contribution is 2.31. The topological polar surface area (TPSA) is 30.5 Å². The molecule has 2 rings (SSSR count). The Morgan fingerprint density at radius 2 is 1.85 bits per heavy atom. The Kier molecular flexibility index (Phi) is 5.44. The van der Waals surface area contributed by atoms with E-state index in [-0.39, 0.29) is 6.04 Å². The Bertz CT molecular complexity index is 503. The maximum Gasteiger partial charge on any atom is 0.122 e. The van der Waals surface area contributed by atoms with E-state index in [4.69, 9.17) is 9.47 Å². The molecule has 20 heavy (non-hydrogen) atoms. The Balaban J connectivity index is 2.37. The number of ether oxygens (including phenoxy) is 2. The lowest BCUT2D eigenvalue weighted by molar-refractivity contribution is 0.392. The minimum absolute atomic E-state index is 0.180. The Morgan fingerprint density at radius 1 is 1.15 bits per heavy atom. The van der Waals surface area contributed by atoms with Gasteiger partial charge in [0.1, 0.15) is 11.5 Å². The molecule has 0 saturated carbocycles. The zero-order valence-electron chi connectivity index (χ0n) is 12.2. The molecule has 1 aromatic carbocycles. The highest BCUT2D eigenvalue weighted by molar-refractivity contribution is 7.10. The van der Waals surface area contributed by atoms with Crippen molar-refractivity contribution in [3.63, 3.8) is 0 Å². The van der Waals surface area contributed by atoms with Crippen LogP contribution in [0, 0.1) is 0 Å². The van der Waals surface area contributed by atoms with Gasteiger partial charge in [-0.25, -0.2) is 0 Å². The van der Waals surface area contributed by atoms with E-state index in [0.717, 1.165) is 30.0 Å². The second-order valence-electron chi connectivity index (χ2n) is 4.55. The molecule has 0 saturated heterocycles. The fraction of sp³-hybridized carbons (Fsp3) is 0.375. The number of hydrogen-bond acceptors (Lipinski definition) is 4. The molecular formula is C16H21NO2S. The smallest absolute Gasteiger partial charge is 0.122 e. The van der Waals surface area contributed by atoms with Gasteiger partial charge in [-0.1, -0.05) is 13.0 Å². The monoisotopic (exact) mass is 291 g/mol. The van der Waals surface area contributed by atoms with Crippen LogP contribution in [0.1, 0.15) is 29.8 Å². The molecule has 0 amide bonds. The zero-order chi connectivity index (χ0) is 14.4. The lowest BCUT2D eigenvalue weighted by Gasteiger charge is -2.19. The molecule has 3 nitrogen and oxygen atoms in total. The lowest BCUT2D eigenvalue weighted by Crippen LogP contribution is -2.22. The summed E-state index contributed by atoms with van der Waals surface area (Å²) in [5.41, 5.74) is 1.16. The molecule has 0 fully saturated rings. The molecule has 1 heterocycles. The fourth-order valence-electron chi connectivity index (χ4n) is 2.12. The first-order valence-corrected chi connectivity index (χ1v) is 7.66. The zero-order valence-corrected chi connectivity index (χ0v) is 13.0. The van der Waals surface area contributed by atoms with Crippen molar-refractivity contribution in [1.82, 2.24) is 5.32 Å². The summed E-state index contributed by atoms with van der Waals surface area (Å²) in [4.78, 5) is 1.30. The molecule has 1 aromatic heterocycles. The molecule has 0 radical (unpaired) electrons. The summed E-state index contributed by atoms with van der Waals surface area (Å²) in [6, 6.07) is 10.4. The molecule has 1 unspecified atom stereocenters. The van der Waals surface area contributed by atoms with Crippen molar-refractivity contribution in [3.05, 3.63) is 46.2 Å². The van der Waals surface area contributed by atoms with Crippen molar-refractivity contribution in [3.8, 4) is 11.5 Å². The van der Waals surface area contributed by atoms with Crippen molar-refractivity contribution in [2.24, 2.45) is 0 Å². The normalized spacial score (nSPS) is 12.2. The third-order valence-electron chi connectivity index (χ3n) is 3.13. The first-order chi connectivity index (χ1) is 9.78. The molecule has 1 atom stereocenters. The second kappa shape index (κ2) is 7.31. The third kappa shape index (κ3) is 3.52. The van der Waals surface area contributed by atoms with Gasteiger partial charge in [0.25, 0.3) is 0 Å². The summed E-state index contributed by atoms with van der Waals surface area (Å²) in [6.07, 6.45) is 1.10. The van der Waals surface area contributed by atoms with Crippen molar-refractivity contribution in [1.29, 1.82) is 0 Å². The molecule has 0 bridgehead atoms. The van der Waals surface area contributed by atoms with E-state index in [0.29, 0.717) is 0 Å². The maximum absolute atomic E-state index is 5.36. The van der Waals surface area contributed by atoms with Crippen LogP contribution in [0.2, 0.25) is 0 Å². The Labute approximate surface area is 124 Å². The van der Waals surface area contributed by atoms with E-state index < -0.39 is 0 Å². The van der Waals surface area contributed by atoms with E-state index in [1.54, 1.807) is 25.6 Å². The Morgan fingerprint density at radius 3 is 2.35 bits per heavy atom. The van der Waals surface area contributed by atoms with E-state index in [1.165, 1.54) is 4.88 Å². The van der Waals surface area contributed by atoms with Crippen LogP contribution in [0.5, 0.6) is 11.5 Å². The van der Waals surface area contributed by atoms with E-state index >= 15 is 0 Å². The van der Waals surface area contributed by atoms with Crippen LogP contribution in [0.3, 0.4) is 0 Å². The predicted molar refractivity (Wildman–Crippen MR) is 84.0 cm³/mol. The van der Waals surface area contributed by atoms with E-state index in [9.17, 15) is 0 Å². The van der Waals surface area contributed by atoms with Gasteiger partial charge in [0, 0.05) is 10.9 Å². The number of hydrogen-bond donors (Lipinski definition) is 1. The van der Waals surface area contributed by atoms with Crippen molar-refractivity contribution in [2.75, 3.05) is 20.8 Å². The van der Waals surface area contributed by atoms with Gasteiger partial charge in [-0.2, -0.15) is 0 Å². The average Bonchev–Trinajstić information content (AvgIpc) is 3.01. The van der Waals surface area contributed by atoms with E-state index in [2.05, 4.69) is 41.9 Å². The van der Waals surface area contributed by atoms with Gasteiger partial charge in [0.05, 0.1) is 20.3 Å². The summed E-state index contributed by atoms with van der Waals surface area (Å²) in [7, 11) is 3.36. The first-order valence-electron chi connectivity index (χ1n) is 6.78. The number of nitrogens with one attached hydrogen (secondary N) is 1. The summed E-state index contributed by atoms with van der Waals surface area (Å²) in [6.45, 7) is 3.15. The SMILES string of the molecule is CCCNC(c1cc(OC)cc(OC)c1)c1cccs1. The largest absolute Gasteiger partial charge is 0.497 e. The molecule has 2 aromatic rings. The molecular weight excluding hydrogens is 270 g/mol. The van der Waals surface area contributed by atoms with Gasteiger partial charge in [-0.05, 0) is 42.1 Å². The van der Waals surface area contributed by atoms with Crippen LogP contribution in [-0.2, 0) is 0 Å². The standard InChI is InChI=1S/C16H21NO2S/c1-4-7-17-16(15-6-5-8-20-15)12-9-13(18-2)11-14(10-12)19-3/h5-6,8-11,16-17H,4,7H2,1-3H3. The summed E-state index contributed by atoms with van der Waals surface area (Å²) < 4.78 is 10.7.